The van der Waals surface area contributed by atoms with Gasteiger partial charge in [-0.1, -0.05) is 20.3 Å². The maximum atomic E-state index is 11.9. The van der Waals surface area contributed by atoms with E-state index >= 15 is 0 Å². The number of rotatable bonds is 4. The van der Waals surface area contributed by atoms with Crippen molar-refractivity contribution >= 4 is 5.91 Å². The largest absolute Gasteiger partial charge is 0.353 e. The van der Waals surface area contributed by atoms with E-state index in [1.165, 1.54) is 0 Å². The number of amides is 1. The van der Waals surface area contributed by atoms with Gasteiger partial charge in [-0.15, -0.1) is 0 Å². The van der Waals surface area contributed by atoms with Gasteiger partial charge in [0.15, 0.2) is 0 Å². The predicted octanol–water partition coefficient (Wildman–Crippen LogP) is 1.54. The second-order valence-electron chi connectivity index (χ2n) is 4.73. The molecule has 1 amide bonds. The molecular weight excluding hydrogens is 188 g/mol. The summed E-state index contributed by atoms with van der Waals surface area (Å²) in [5, 5.41) is 6.39. The Bertz CT molecular complexity index is 200. The van der Waals surface area contributed by atoms with E-state index < -0.39 is 0 Å². The van der Waals surface area contributed by atoms with Gasteiger partial charge in [-0.3, -0.25) is 4.79 Å². The van der Waals surface area contributed by atoms with Gasteiger partial charge in [0.2, 0.25) is 5.91 Å². The summed E-state index contributed by atoms with van der Waals surface area (Å²) >= 11 is 0. The molecule has 3 nitrogen and oxygen atoms in total. The number of carbonyl (C=O) groups excluding carboxylic acids is 1. The molecule has 0 aliphatic carbocycles. The lowest BCUT2D eigenvalue weighted by Gasteiger charge is -2.26. The van der Waals surface area contributed by atoms with Crippen LogP contribution >= 0.6 is 0 Å². The smallest absolute Gasteiger partial charge is 0.224 e. The highest BCUT2D eigenvalue weighted by Crippen LogP contribution is 2.12. The van der Waals surface area contributed by atoms with Crippen molar-refractivity contribution in [2.75, 3.05) is 13.1 Å². The van der Waals surface area contributed by atoms with Gasteiger partial charge < -0.3 is 10.6 Å². The van der Waals surface area contributed by atoms with Gasteiger partial charge >= 0.3 is 0 Å². The molecule has 1 heterocycles. The van der Waals surface area contributed by atoms with Crippen molar-refractivity contribution in [1.82, 2.24) is 10.6 Å². The molecule has 0 saturated carbocycles. The number of hydrogen-bond acceptors (Lipinski definition) is 2. The van der Waals surface area contributed by atoms with E-state index in [0.717, 1.165) is 32.4 Å². The minimum atomic E-state index is 0.185. The first kappa shape index (κ1) is 12.5. The molecule has 0 spiro atoms. The SMILES string of the molecule is CCC(C)C(C)NC(=O)[C@@H]1CCCNC1. The monoisotopic (exact) mass is 212 g/mol. The Labute approximate surface area is 93.0 Å². The van der Waals surface area contributed by atoms with Crippen LogP contribution in [0.2, 0.25) is 0 Å². The van der Waals surface area contributed by atoms with E-state index in [2.05, 4.69) is 31.4 Å². The van der Waals surface area contributed by atoms with Crippen LogP contribution in [0.1, 0.15) is 40.0 Å². The van der Waals surface area contributed by atoms with Gasteiger partial charge in [-0.2, -0.15) is 0 Å². The van der Waals surface area contributed by atoms with E-state index in [1.807, 2.05) is 0 Å². The summed E-state index contributed by atoms with van der Waals surface area (Å²) < 4.78 is 0. The van der Waals surface area contributed by atoms with Gasteiger partial charge in [0.1, 0.15) is 0 Å². The van der Waals surface area contributed by atoms with E-state index in [-0.39, 0.29) is 11.8 Å². The molecule has 1 aliphatic rings. The fourth-order valence-electron chi connectivity index (χ4n) is 1.91. The Morgan fingerprint density at radius 2 is 2.27 bits per heavy atom. The standard InChI is InChI=1S/C12H24N2O/c1-4-9(2)10(3)14-12(15)11-6-5-7-13-8-11/h9-11,13H,4-8H2,1-3H3,(H,14,15)/t9?,10?,11-/m1/s1. The predicted molar refractivity (Wildman–Crippen MR) is 62.7 cm³/mol. The molecule has 2 N–H and O–H groups in total. The molecule has 1 saturated heterocycles. The van der Waals surface area contributed by atoms with Crippen LogP contribution in [0.15, 0.2) is 0 Å². The van der Waals surface area contributed by atoms with Crippen molar-refractivity contribution in [1.29, 1.82) is 0 Å². The maximum Gasteiger partial charge on any atom is 0.224 e. The lowest BCUT2D eigenvalue weighted by molar-refractivity contribution is -0.126. The van der Waals surface area contributed by atoms with Crippen LogP contribution in [0, 0.1) is 11.8 Å². The highest BCUT2D eigenvalue weighted by Gasteiger charge is 2.23. The van der Waals surface area contributed by atoms with Crippen molar-refractivity contribution in [2.45, 2.75) is 46.1 Å². The van der Waals surface area contributed by atoms with Crippen molar-refractivity contribution in [3.05, 3.63) is 0 Å². The van der Waals surface area contributed by atoms with Crippen LogP contribution in [-0.2, 0) is 4.79 Å². The first-order valence-electron chi connectivity index (χ1n) is 6.16. The van der Waals surface area contributed by atoms with Crippen molar-refractivity contribution in [3.63, 3.8) is 0 Å². The van der Waals surface area contributed by atoms with Gasteiger partial charge in [-0.25, -0.2) is 0 Å². The lowest BCUT2D eigenvalue weighted by Crippen LogP contribution is -2.45. The number of piperidine rings is 1. The molecule has 3 atom stereocenters. The summed E-state index contributed by atoms with van der Waals surface area (Å²) in [7, 11) is 0. The third kappa shape index (κ3) is 3.82. The van der Waals surface area contributed by atoms with Gasteiger partial charge in [0, 0.05) is 12.6 Å². The Morgan fingerprint density at radius 1 is 1.53 bits per heavy atom. The van der Waals surface area contributed by atoms with Gasteiger partial charge in [0.25, 0.3) is 0 Å². The van der Waals surface area contributed by atoms with Gasteiger partial charge in [-0.05, 0) is 32.2 Å². The first-order chi connectivity index (χ1) is 7.15. The molecule has 15 heavy (non-hydrogen) atoms. The highest BCUT2D eigenvalue weighted by molar-refractivity contribution is 5.79. The van der Waals surface area contributed by atoms with Crippen molar-refractivity contribution in [2.24, 2.45) is 11.8 Å². The van der Waals surface area contributed by atoms with Crippen molar-refractivity contribution < 1.29 is 4.79 Å². The Balaban J connectivity index is 2.33. The maximum absolute atomic E-state index is 11.9. The molecule has 1 aliphatic heterocycles. The van der Waals surface area contributed by atoms with Crippen LogP contribution in [0.4, 0.5) is 0 Å². The first-order valence-corrected chi connectivity index (χ1v) is 6.16. The summed E-state index contributed by atoms with van der Waals surface area (Å²) in [6.45, 7) is 8.35. The summed E-state index contributed by atoms with van der Waals surface area (Å²) in [6, 6.07) is 0.296. The average Bonchev–Trinajstić information content (AvgIpc) is 2.29. The molecule has 2 unspecified atom stereocenters. The van der Waals surface area contributed by atoms with Crippen LogP contribution in [0.5, 0.6) is 0 Å². The van der Waals surface area contributed by atoms with E-state index in [9.17, 15) is 4.79 Å². The van der Waals surface area contributed by atoms with Crippen LogP contribution in [-0.4, -0.2) is 25.0 Å². The summed E-state index contributed by atoms with van der Waals surface area (Å²) in [6.07, 6.45) is 3.27. The van der Waals surface area contributed by atoms with E-state index in [4.69, 9.17) is 0 Å². The summed E-state index contributed by atoms with van der Waals surface area (Å²) in [4.78, 5) is 11.9. The fraction of sp³-hybridized carbons (Fsp3) is 0.917. The zero-order chi connectivity index (χ0) is 11.3. The van der Waals surface area contributed by atoms with E-state index in [1.54, 1.807) is 0 Å². The van der Waals surface area contributed by atoms with Crippen LogP contribution < -0.4 is 10.6 Å². The number of hydrogen-bond donors (Lipinski definition) is 2. The molecule has 0 aromatic rings. The van der Waals surface area contributed by atoms with Crippen LogP contribution in [0.3, 0.4) is 0 Å². The second kappa shape index (κ2) is 6.11. The highest BCUT2D eigenvalue weighted by atomic mass is 16.2. The summed E-state index contributed by atoms with van der Waals surface area (Å²) in [5.41, 5.74) is 0. The van der Waals surface area contributed by atoms with Crippen molar-refractivity contribution in [3.8, 4) is 0 Å². The van der Waals surface area contributed by atoms with Gasteiger partial charge in [0.05, 0.1) is 5.92 Å². The minimum absolute atomic E-state index is 0.185. The summed E-state index contributed by atoms with van der Waals surface area (Å²) in [5.74, 6) is 0.978. The fourth-order valence-corrected chi connectivity index (χ4v) is 1.91. The zero-order valence-corrected chi connectivity index (χ0v) is 10.2. The quantitative estimate of drug-likeness (QED) is 0.742. The molecule has 0 aromatic heterocycles. The molecule has 1 fully saturated rings. The molecule has 0 radical (unpaired) electrons. The Kier molecular flexibility index (Phi) is 5.09. The second-order valence-corrected chi connectivity index (χ2v) is 4.73. The number of nitrogens with one attached hydrogen (secondary N) is 2. The molecular formula is C12H24N2O. The minimum Gasteiger partial charge on any atom is -0.353 e. The molecule has 3 heteroatoms. The third-order valence-corrected chi connectivity index (χ3v) is 3.54. The van der Waals surface area contributed by atoms with Crippen LogP contribution in [0.25, 0.3) is 0 Å². The normalized spacial score (nSPS) is 25.7. The molecule has 88 valence electrons. The molecule has 1 rings (SSSR count). The molecule has 0 aromatic carbocycles. The average molecular weight is 212 g/mol. The lowest BCUT2D eigenvalue weighted by atomic mass is 9.96. The Hall–Kier alpha value is -0.570. The topological polar surface area (TPSA) is 41.1 Å². The Morgan fingerprint density at radius 3 is 2.80 bits per heavy atom. The molecule has 0 bridgehead atoms. The van der Waals surface area contributed by atoms with E-state index in [0.29, 0.717) is 12.0 Å². The third-order valence-electron chi connectivity index (χ3n) is 3.54. The number of carbonyl (C=O) groups is 1. The zero-order valence-electron chi connectivity index (χ0n) is 10.2.